The average molecular weight is 736 g/mol. The second-order valence-electron chi connectivity index (χ2n) is 12.9. The van der Waals surface area contributed by atoms with E-state index in [1.165, 1.54) is 13.2 Å². The number of aliphatic hydroxyl groups excluding tert-OH is 1. The summed E-state index contributed by atoms with van der Waals surface area (Å²) >= 11 is 0. The van der Waals surface area contributed by atoms with Gasteiger partial charge in [-0.25, -0.2) is 19.2 Å². The third kappa shape index (κ3) is 6.73. The highest BCUT2D eigenvalue weighted by Crippen LogP contribution is 2.65. The summed E-state index contributed by atoms with van der Waals surface area (Å²) in [6.07, 6.45) is -10.4. The summed E-state index contributed by atoms with van der Waals surface area (Å²) in [5.41, 5.74) is -0.733. The van der Waals surface area contributed by atoms with Crippen LogP contribution in [0.1, 0.15) is 50.2 Å². The summed E-state index contributed by atoms with van der Waals surface area (Å²) in [4.78, 5) is 86.9. The van der Waals surface area contributed by atoms with E-state index in [0.29, 0.717) is 30.9 Å². The number of carboxylic acids is 3. The van der Waals surface area contributed by atoms with E-state index in [-0.39, 0.29) is 18.2 Å². The van der Waals surface area contributed by atoms with Crippen molar-refractivity contribution in [3.05, 3.63) is 35.1 Å². The highest BCUT2D eigenvalue weighted by Gasteiger charge is 2.72. The van der Waals surface area contributed by atoms with Gasteiger partial charge in [0, 0.05) is 18.0 Å². The lowest BCUT2D eigenvalue weighted by Crippen LogP contribution is -2.74. The van der Waals surface area contributed by atoms with Gasteiger partial charge in [-0.2, -0.15) is 0 Å². The van der Waals surface area contributed by atoms with Crippen LogP contribution in [0.5, 0.6) is 11.5 Å². The maximum Gasteiger partial charge on any atom is 0.348 e. The number of ether oxygens (including phenoxy) is 6. The Morgan fingerprint density at radius 2 is 1.65 bits per heavy atom. The van der Waals surface area contributed by atoms with Crippen molar-refractivity contribution in [3.8, 4) is 11.5 Å². The van der Waals surface area contributed by atoms with Gasteiger partial charge in [-0.1, -0.05) is 6.07 Å². The predicted molar refractivity (Wildman–Crippen MR) is 166 cm³/mol. The number of methoxy groups -OCH3 is 1. The minimum absolute atomic E-state index is 0.0149. The molecule has 0 saturated carbocycles. The molecule has 2 bridgehead atoms. The quantitative estimate of drug-likeness (QED) is 0.107. The van der Waals surface area contributed by atoms with Crippen molar-refractivity contribution >= 4 is 41.8 Å². The van der Waals surface area contributed by atoms with E-state index >= 15 is 0 Å². The molecule has 5 rings (SSSR count). The van der Waals surface area contributed by atoms with Gasteiger partial charge < -0.3 is 58.9 Å². The Kier molecular flexibility index (Phi) is 10.5. The zero-order valence-electron chi connectivity index (χ0n) is 28.1. The fourth-order valence-electron chi connectivity index (χ4n) is 7.41. The van der Waals surface area contributed by atoms with Gasteiger partial charge >= 0.3 is 41.8 Å². The van der Waals surface area contributed by atoms with Crippen molar-refractivity contribution < 1.29 is 87.5 Å². The zero-order chi connectivity index (χ0) is 38.3. The molecule has 2 aliphatic carbocycles. The van der Waals surface area contributed by atoms with Gasteiger partial charge in [0.25, 0.3) is 0 Å². The average Bonchev–Trinajstić information content (AvgIpc) is 3.42. The van der Waals surface area contributed by atoms with Gasteiger partial charge in [0.15, 0.2) is 29.8 Å². The molecule has 1 aromatic rings. The van der Waals surface area contributed by atoms with Crippen LogP contribution in [-0.2, 0) is 64.3 Å². The molecule has 0 radical (unpaired) electrons. The van der Waals surface area contributed by atoms with Crippen molar-refractivity contribution in [1.29, 1.82) is 0 Å². The molecular weight excluding hydrogens is 698 g/mol. The van der Waals surface area contributed by atoms with Crippen LogP contribution >= 0.6 is 0 Å². The van der Waals surface area contributed by atoms with Crippen LogP contribution in [-0.4, -0.2) is 135 Å². The number of likely N-dealkylation sites (tertiary alicyclic amines) is 1. The van der Waals surface area contributed by atoms with Gasteiger partial charge in [-0.3, -0.25) is 14.4 Å². The van der Waals surface area contributed by atoms with Crippen LogP contribution in [0.4, 0.5) is 0 Å². The Hall–Kier alpha value is -5.27. The van der Waals surface area contributed by atoms with Crippen molar-refractivity contribution in [1.82, 2.24) is 4.90 Å². The molecule has 8 atom stereocenters. The molecule has 52 heavy (non-hydrogen) atoms. The molecule has 1 spiro atoms. The Morgan fingerprint density at radius 3 is 2.29 bits per heavy atom. The monoisotopic (exact) mass is 735 g/mol. The van der Waals surface area contributed by atoms with Crippen LogP contribution in [0, 0.1) is 0 Å². The molecule has 0 amide bonds. The summed E-state index contributed by atoms with van der Waals surface area (Å²) in [6.45, 7) is 1.50. The summed E-state index contributed by atoms with van der Waals surface area (Å²) < 4.78 is 32.2. The molecule has 19 nitrogen and oxygen atoms in total. The van der Waals surface area contributed by atoms with Crippen molar-refractivity contribution in [2.75, 3.05) is 20.7 Å². The minimum atomic E-state index is -2.24. The molecule has 282 valence electrons. The van der Waals surface area contributed by atoms with Gasteiger partial charge in [0.2, 0.25) is 12.2 Å². The minimum Gasteiger partial charge on any atom is -0.493 e. The Labute approximate surface area is 294 Å². The van der Waals surface area contributed by atoms with E-state index < -0.39 is 103 Å². The van der Waals surface area contributed by atoms with E-state index in [1.807, 2.05) is 13.1 Å². The molecule has 1 fully saturated rings. The van der Waals surface area contributed by atoms with Crippen LogP contribution in [0.3, 0.4) is 0 Å². The number of hydrogen-bond acceptors (Lipinski definition) is 16. The fourth-order valence-corrected chi connectivity index (χ4v) is 7.41. The number of aliphatic carboxylic acids is 3. The van der Waals surface area contributed by atoms with Crippen molar-refractivity contribution in [2.24, 2.45) is 0 Å². The number of carbonyl (C=O) groups is 7. The molecule has 2 aliphatic heterocycles. The zero-order valence-corrected chi connectivity index (χ0v) is 28.1. The summed E-state index contributed by atoms with van der Waals surface area (Å²) in [7, 11) is 3.37. The van der Waals surface area contributed by atoms with Crippen molar-refractivity contribution in [2.45, 2.75) is 93.0 Å². The van der Waals surface area contributed by atoms with Gasteiger partial charge in [-0.05, 0) is 51.1 Å². The topological polar surface area (TPSA) is 279 Å². The third-order valence-corrected chi connectivity index (χ3v) is 9.84. The van der Waals surface area contributed by atoms with Gasteiger partial charge in [0.05, 0.1) is 37.4 Å². The first-order valence-corrected chi connectivity index (χ1v) is 16.1. The molecule has 2 heterocycles. The largest absolute Gasteiger partial charge is 0.493 e. The molecular formula is C33H37NO18. The van der Waals surface area contributed by atoms with E-state index in [0.717, 1.165) is 18.1 Å². The molecule has 0 aromatic heterocycles. The van der Waals surface area contributed by atoms with Crippen LogP contribution in [0.25, 0.3) is 0 Å². The number of carbonyl (C=O) groups excluding carboxylic acids is 4. The second kappa shape index (κ2) is 14.4. The Bertz CT molecular complexity index is 1720. The first-order valence-electron chi connectivity index (χ1n) is 16.1. The number of rotatable bonds is 15. The van der Waals surface area contributed by atoms with Crippen molar-refractivity contribution in [3.63, 3.8) is 0 Å². The summed E-state index contributed by atoms with van der Waals surface area (Å²) in [5, 5.41) is 48.9. The normalized spacial score (nSPS) is 26.1. The lowest BCUT2D eigenvalue weighted by atomic mass is 9.50. The first-order chi connectivity index (χ1) is 24.4. The molecule has 4 aliphatic rings. The van der Waals surface area contributed by atoms with Gasteiger partial charge in [0.1, 0.15) is 5.76 Å². The summed E-state index contributed by atoms with van der Waals surface area (Å²) in [5.74, 6) is -10.1. The lowest BCUT2D eigenvalue weighted by molar-refractivity contribution is -0.185. The molecule has 1 saturated heterocycles. The number of benzene rings is 1. The maximum absolute atomic E-state index is 13.5. The maximum atomic E-state index is 13.5. The molecule has 5 N–H and O–H groups in total. The second-order valence-corrected chi connectivity index (χ2v) is 12.9. The van der Waals surface area contributed by atoms with Crippen LogP contribution in [0.15, 0.2) is 24.0 Å². The number of piperidine rings is 1. The molecule has 19 heteroatoms. The smallest absolute Gasteiger partial charge is 0.348 e. The molecule has 1 aromatic carbocycles. The number of hydrogen-bond donors (Lipinski definition) is 5. The first kappa shape index (κ1) is 38.0. The SMILES string of the molecule is COc1ccc2c3c1O[C@H]1C(OC(=O)C[C@H](OC(=O)C[C@H](O)C(=O)O)C(=O)O[C@@H](C)C(=O)O[C@@H](CC(=O)O)C(=O)O)=CC[C@@]4(O)[C@@H](C2)N(C)CC[C@]314. The highest BCUT2D eigenvalue weighted by atomic mass is 16.6. The summed E-state index contributed by atoms with van der Waals surface area (Å²) in [6, 6.07) is 3.34. The number of esters is 4. The predicted octanol–water partition coefficient (Wildman–Crippen LogP) is -0.944. The number of nitrogens with zero attached hydrogens (tertiary/aromatic N) is 1. The fraction of sp³-hybridized carbons (Fsp3) is 0.545. The third-order valence-electron chi connectivity index (χ3n) is 9.84. The van der Waals surface area contributed by atoms with E-state index in [4.69, 9.17) is 39.0 Å². The Balaban J connectivity index is 1.37. The van der Waals surface area contributed by atoms with E-state index in [1.54, 1.807) is 6.07 Å². The van der Waals surface area contributed by atoms with Crippen LogP contribution < -0.4 is 9.47 Å². The number of aliphatic hydroxyl groups is 2. The van der Waals surface area contributed by atoms with Gasteiger partial charge in [-0.15, -0.1) is 0 Å². The number of carboxylic acid groups (broad SMARTS) is 3. The Morgan fingerprint density at radius 1 is 0.942 bits per heavy atom. The lowest BCUT2D eigenvalue weighted by Gasteiger charge is -2.61. The molecule has 0 unspecified atom stereocenters. The van der Waals surface area contributed by atoms with E-state index in [2.05, 4.69) is 9.64 Å². The van der Waals surface area contributed by atoms with Crippen LogP contribution in [0.2, 0.25) is 0 Å². The number of likely N-dealkylation sites (N-methyl/N-ethyl adjacent to an activating group) is 1. The standard InChI is InChI=1S/C33H37NO18/c1-14(30(44)51-19(29(42)43)12-22(36)37)48-31(45)20(50-23(38)11-16(35)28(40)41)13-24(39)49-18-6-7-33(46)21-10-15-4-5-17(47-3)26-25(15)32(33,27(18)52-26)8-9-34(21)2/h4-6,14,16,19-21,27,35,46H,7-13H2,1-3H3,(H,36,37)(H,40,41)(H,42,43)/t14-,16-,19-,20-,21+,27-,32-,33+/m0/s1. The van der Waals surface area contributed by atoms with E-state index in [9.17, 15) is 43.8 Å². The highest BCUT2D eigenvalue weighted by molar-refractivity contribution is 5.89.